The predicted octanol–water partition coefficient (Wildman–Crippen LogP) is 1.80. The Labute approximate surface area is 117 Å². The van der Waals surface area contributed by atoms with Gasteiger partial charge in [-0.25, -0.2) is 0 Å². The maximum atomic E-state index is 9.49. The molecule has 8 heteroatoms. The number of ether oxygens (including phenoxy) is 1. The summed E-state index contributed by atoms with van der Waals surface area (Å²) in [6, 6.07) is 1.63. The molecule has 0 radical (unpaired) electrons. The Balaban J connectivity index is 1.79. The van der Waals surface area contributed by atoms with Crippen LogP contribution in [0.2, 0.25) is 0 Å². The molecule has 3 aromatic heterocycles. The van der Waals surface area contributed by atoms with Crippen molar-refractivity contribution >= 4 is 16.3 Å². The highest BCUT2D eigenvalue weighted by Gasteiger charge is 2.25. The summed E-state index contributed by atoms with van der Waals surface area (Å²) in [7, 11) is 0. The Kier molecular flexibility index (Phi) is 2.64. The van der Waals surface area contributed by atoms with Crippen LogP contribution in [0.3, 0.4) is 0 Å². The summed E-state index contributed by atoms with van der Waals surface area (Å²) in [5, 5.41) is 23.0. The second kappa shape index (κ2) is 4.50. The minimum Gasteiger partial charge on any atom is -0.506 e. The first-order valence-corrected chi connectivity index (χ1v) is 7.11. The molecule has 4 rings (SSSR count). The van der Waals surface area contributed by atoms with Crippen LogP contribution in [0.1, 0.15) is 24.8 Å². The number of aromatic hydroxyl groups is 1. The molecule has 1 saturated heterocycles. The van der Waals surface area contributed by atoms with Crippen molar-refractivity contribution in [2.45, 2.75) is 18.9 Å². The van der Waals surface area contributed by atoms with Crippen LogP contribution in [0.25, 0.3) is 15.5 Å². The van der Waals surface area contributed by atoms with Crippen molar-refractivity contribution in [1.29, 1.82) is 0 Å². The number of rotatable bonds is 2. The van der Waals surface area contributed by atoms with Gasteiger partial charge in [-0.2, -0.15) is 9.61 Å². The normalized spacial score (nSPS) is 18.9. The van der Waals surface area contributed by atoms with Crippen molar-refractivity contribution in [3.05, 3.63) is 24.3 Å². The van der Waals surface area contributed by atoms with E-state index in [0.717, 1.165) is 35.8 Å². The van der Waals surface area contributed by atoms with Crippen LogP contribution in [0.4, 0.5) is 0 Å². The summed E-state index contributed by atoms with van der Waals surface area (Å²) >= 11 is 1.41. The first-order chi connectivity index (χ1) is 9.81. The van der Waals surface area contributed by atoms with Gasteiger partial charge in [0.2, 0.25) is 4.96 Å². The van der Waals surface area contributed by atoms with Gasteiger partial charge in [0.1, 0.15) is 16.9 Å². The van der Waals surface area contributed by atoms with Gasteiger partial charge in [0.25, 0.3) is 0 Å². The number of pyridine rings is 1. The molecule has 0 spiro atoms. The molecule has 102 valence electrons. The summed E-state index contributed by atoms with van der Waals surface area (Å²) < 4.78 is 7.35. The highest BCUT2D eigenvalue weighted by Crippen LogP contribution is 2.31. The highest BCUT2D eigenvalue weighted by molar-refractivity contribution is 7.19. The van der Waals surface area contributed by atoms with E-state index in [4.69, 9.17) is 4.74 Å². The zero-order valence-corrected chi connectivity index (χ0v) is 11.2. The number of aromatic nitrogens is 5. The van der Waals surface area contributed by atoms with Crippen molar-refractivity contribution in [1.82, 2.24) is 24.8 Å². The fourth-order valence-electron chi connectivity index (χ4n) is 2.28. The lowest BCUT2D eigenvalue weighted by Crippen LogP contribution is -2.03. The Morgan fingerprint density at radius 1 is 1.35 bits per heavy atom. The van der Waals surface area contributed by atoms with Gasteiger partial charge in [-0.05, 0) is 18.9 Å². The zero-order valence-electron chi connectivity index (χ0n) is 10.4. The third kappa shape index (κ3) is 1.84. The summed E-state index contributed by atoms with van der Waals surface area (Å²) in [5.74, 6) is 0.862. The van der Waals surface area contributed by atoms with Crippen LogP contribution in [0.5, 0.6) is 5.75 Å². The topological polar surface area (TPSA) is 85.4 Å². The molecule has 20 heavy (non-hydrogen) atoms. The van der Waals surface area contributed by atoms with Crippen LogP contribution in [0.15, 0.2) is 18.5 Å². The van der Waals surface area contributed by atoms with Crippen LogP contribution >= 0.6 is 11.3 Å². The largest absolute Gasteiger partial charge is 0.506 e. The number of hydrogen-bond donors (Lipinski definition) is 1. The fraction of sp³-hybridized carbons (Fsp3) is 0.333. The summed E-state index contributed by atoms with van der Waals surface area (Å²) in [4.78, 5) is 4.68. The second-order valence-electron chi connectivity index (χ2n) is 4.59. The van der Waals surface area contributed by atoms with Crippen LogP contribution in [0, 0.1) is 0 Å². The van der Waals surface area contributed by atoms with Crippen molar-refractivity contribution < 1.29 is 9.84 Å². The van der Waals surface area contributed by atoms with E-state index in [1.165, 1.54) is 17.5 Å². The van der Waals surface area contributed by atoms with Crippen LogP contribution in [-0.2, 0) is 4.74 Å². The third-order valence-electron chi connectivity index (χ3n) is 3.20. The second-order valence-corrected chi connectivity index (χ2v) is 5.55. The molecule has 1 unspecified atom stereocenters. The molecule has 1 atom stereocenters. The Hall–Kier alpha value is -2.06. The number of hydrogen-bond acceptors (Lipinski definition) is 7. The smallest absolute Gasteiger partial charge is 0.235 e. The van der Waals surface area contributed by atoms with Gasteiger partial charge in [-0.15, -0.1) is 10.2 Å². The SMILES string of the molecule is Oc1cncc(-c2nn3c(C4CCCO4)nnc3s2)c1. The van der Waals surface area contributed by atoms with Crippen molar-refractivity contribution in [3.8, 4) is 16.3 Å². The maximum absolute atomic E-state index is 9.49. The van der Waals surface area contributed by atoms with Gasteiger partial charge >= 0.3 is 0 Å². The van der Waals surface area contributed by atoms with Crippen LogP contribution in [-0.4, -0.2) is 36.5 Å². The molecule has 1 aliphatic heterocycles. The quantitative estimate of drug-likeness (QED) is 0.774. The van der Waals surface area contributed by atoms with Gasteiger partial charge in [0.05, 0.1) is 6.20 Å². The lowest BCUT2D eigenvalue weighted by atomic mass is 10.2. The molecule has 1 N–H and O–H groups in total. The van der Waals surface area contributed by atoms with Crippen LogP contribution < -0.4 is 0 Å². The molecule has 1 fully saturated rings. The van der Waals surface area contributed by atoms with Gasteiger partial charge in [-0.1, -0.05) is 11.3 Å². The molecule has 0 bridgehead atoms. The molecule has 0 saturated carbocycles. The van der Waals surface area contributed by atoms with E-state index in [1.54, 1.807) is 16.8 Å². The van der Waals surface area contributed by atoms with Gasteiger partial charge in [0.15, 0.2) is 5.82 Å². The van der Waals surface area contributed by atoms with Crippen molar-refractivity contribution in [2.75, 3.05) is 6.61 Å². The first-order valence-electron chi connectivity index (χ1n) is 6.29. The third-order valence-corrected chi connectivity index (χ3v) is 4.15. The molecule has 3 aromatic rings. The molecular weight excluding hydrogens is 278 g/mol. The number of fused-ring (bicyclic) bond motifs is 1. The van der Waals surface area contributed by atoms with Gasteiger partial charge in [0, 0.05) is 18.4 Å². The Morgan fingerprint density at radius 2 is 2.30 bits per heavy atom. The predicted molar refractivity (Wildman–Crippen MR) is 71.5 cm³/mol. The van der Waals surface area contributed by atoms with Gasteiger partial charge < -0.3 is 9.84 Å². The lowest BCUT2D eigenvalue weighted by molar-refractivity contribution is 0.103. The van der Waals surface area contributed by atoms with E-state index in [1.807, 2.05) is 0 Å². The van der Waals surface area contributed by atoms with E-state index in [2.05, 4.69) is 20.3 Å². The molecule has 1 aliphatic rings. The zero-order chi connectivity index (χ0) is 13.5. The molecule has 7 nitrogen and oxygen atoms in total. The molecule has 0 aromatic carbocycles. The summed E-state index contributed by atoms with van der Waals surface area (Å²) in [6.07, 6.45) is 5.01. The van der Waals surface area contributed by atoms with E-state index in [9.17, 15) is 5.11 Å². The molecule has 0 aliphatic carbocycles. The Bertz CT molecular complexity index is 762. The average molecular weight is 289 g/mol. The van der Waals surface area contributed by atoms with Crippen molar-refractivity contribution in [2.24, 2.45) is 0 Å². The fourth-order valence-corrected chi connectivity index (χ4v) is 3.10. The lowest BCUT2D eigenvalue weighted by Gasteiger charge is -2.04. The maximum Gasteiger partial charge on any atom is 0.235 e. The van der Waals surface area contributed by atoms with E-state index in [0.29, 0.717) is 4.96 Å². The van der Waals surface area contributed by atoms with E-state index >= 15 is 0 Å². The molecule has 0 amide bonds. The summed E-state index contributed by atoms with van der Waals surface area (Å²) in [6.45, 7) is 0.757. The van der Waals surface area contributed by atoms with E-state index in [-0.39, 0.29) is 11.9 Å². The monoisotopic (exact) mass is 289 g/mol. The highest BCUT2D eigenvalue weighted by atomic mass is 32.1. The number of nitrogens with zero attached hydrogens (tertiary/aromatic N) is 5. The van der Waals surface area contributed by atoms with Crippen molar-refractivity contribution in [3.63, 3.8) is 0 Å². The molecular formula is C12H11N5O2S. The average Bonchev–Trinajstić information content (AvgIpc) is 3.14. The van der Waals surface area contributed by atoms with Gasteiger partial charge in [-0.3, -0.25) is 4.98 Å². The van der Waals surface area contributed by atoms with E-state index < -0.39 is 0 Å². The first kappa shape index (κ1) is 11.7. The molecule has 4 heterocycles. The standard InChI is InChI=1S/C12H11N5O2S/c18-8-4-7(5-13-6-8)11-16-17-10(9-2-1-3-19-9)14-15-12(17)20-11/h4-6,9,18H,1-3H2. The summed E-state index contributed by atoms with van der Waals surface area (Å²) in [5.41, 5.74) is 0.763. The Morgan fingerprint density at radius 3 is 3.10 bits per heavy atom. The minimum atomic E-state index is -0.0257. The minimum absolute atomic E-state index is 0.0257.